The number of hydrogen-bond donors (Lipinski definition) is 0. The monoisotopic (exact) mass is 384 g/mol. The Kier molecular flexibility index (Phi) is 7.14. The zero-order valence-corrected chi connectivity index (χ0v) is 14.1. The van der Waals surface area contributed by atoms with Crippen molar-refractivity contribution in [3.05, 3.63) is 12.2 Å². The van der Waals surface area contributed by atoms with Crippen LogP contribution in [0.25, 0.3) is 0 Å². The Balaban J connectivity index is 3.81. The molecule has 0 saturated heterocycles. The van der Waals surface area contributed by atoms with Crippen molar-refractivity contribution < 1.29 is 19.1 Å². The number of carbonyl (C=O) groups is 2. The molecular formula is C12H18Br2O4. The Bertz CT molecular complexity index is 292. The first-order valence-corrected chi connectivity index (χ1v) is 7.01. The summed E-state index contributed by atoms with van der Waals surface area (Å²) >= 11 is 6.39. The minimum absolute atomic E-state index is 0.156. The fourth-order valence-electron chi connectivity index (χ4n) is 0.727. The van der Waals surface area contributed by atoms with E-state index in [0.717, 1.165) is 0 Å². The predicted molar refractivity (Wildman–Crippen MR) is 77.1 cm³/mol. The first-order chi connectivity index (χ1) is 8.05. The van der Waals surface area contributed by atoms with E-state index < -0.39 is 8.65 Å². The molecule has 0 saturated carbocycles. The molecule has 0 aliphatic heterocycles. The van der Waals surface area contributed by atoms with E-state index in [4.69, 9.17) is 9.47 Å². The molecule has 0 aliphatic carbocycles. The largest absolute Gasteiger partial charge is 0.460 e. The molecule has 4 nitrogen and oxygen atoms in total. The van der Waals surface area contributed by atoms with E-state index in [1.165, 1.54) is 0 Å². The van der Waals surface area contributed by atoms with Gasteiger partial charge in [-0.2, -0.15) is 0 Å². The Morgan fingerprint density at radius 1 is 0.889 bits per heavy atom. The second-order valence-corrected chi connectivity index (χ2v) is 8.58. The van der Waals surface area contributed by atoms with Crippen LogP contribution in [0.4, 0.5) is 0 Å². The van der Waals surface area contributed by atoms with Gasteiger partial charge < -0.3 is 9.47 Å². The molecule has 0 unspecified atom stereocenters. The molecule has 0 atom stereocenters. The summed E-state index contributed by atoms with van der Waals surface area (Å²) in [5.74, 6) is -0.684. The standard InChI is InChI=1S/C12H18Br2O4/c1-11(2,13)9(15)17-7-5-6-8-18-10(16)12(3,4)14/h5-6H,7-8H2,1-4H3/b6-5+. The van der Waals surface area contributed by atoms with Crippen molar-refractivity contribution in [1.29, 1.82) is 0 Å². The third kappa shape index (κ3) is 7.87. The molecule has 0 rings (SSSR count). The summed E-state index contributed by atoms with van der Waals surface area (Å²) in [6.45, 7) is 7.14. The van der Waals surface area contributed by atoms with Crippen LogP contribution in [-0.2, 0) is 19.1 Å². The van der Waals surface area contributed by atoms with Crippen molar-refractivity contribution in [3.8, 4) is 0 Å². The number of halogens is 2. The maximum Gasteiger partial charge on any atom is 0.322 e. The molecule has 6 heteroatoms. The van der Waals surface area contributed by atoms with Crippen LogP contribution in [0.2, 0.25) is 0 Å². The Morgan fingerprint density at radius 3 is 1.39 bits per heavy atom. The minimum atomic E-state index is -0.687. The maximum atomic E-state index is 11.3. The van der Waals surface area contributed by atoms with Crippen LogP contribution in [0, 0.1) is 0 Å². The Labute approximate surface area is 124 Å². The van der Waals surface area contributed by atoms with Gasteiger partial charge in [0.05, 0.1) is 0 Å². The van der Waals surface area contributed by atoms with Gasteiger partial charge in [-0.1, -0.05) is 31.9 Å². The summed E-state index contributed by atoms with van der Waals surface area (Å²) in [6, 6.07) is 0. The quantitative estimate of drug-likeness (QED) is 0.400. The molecule has 104 valence electrons. The minimum Gasteiger partial charge on any atom is -0.460 e. The fourth-order valence-corrected chi connectivity index (χ4v) is 0.956. The van der Waals surface area contributed by atoms with Crippen molar-refractivity contribution in [1.82, 2.24) is 0 Å². The topological polar surface area (TPSA) is 52.6 Å². The third-order valence-electron chi connectivity index (χ3n) is 1.76. The van der Waals surface area contributed by atoms with Crippen molar-refractivity contribution >= 4 is 43.8 Å². The SMILES string of the molecule is CC(C)(Br)C(=O)OC/C=C/COC(=O)C(C)(C)Br. The van der Waals surface area contributed by atoms with Gasteiger partial charge in [0.2, 0.25) is 0 Å². The van der Waals surface area contributed by atoms with Crippen LogP contribution in [0.3, 0.4) is 0 Å². The molecule has 0 aromatic heterocycles. The smallest absolute Gasteiger partial charge is 0.322 e. The molecule has 0 aromatic rings. The molecule has 0 fully saturated rings. The van der Waals surface area contributed by atoms with E-state index in [1.807, 2.05) is 0 Å². The Morgan fingerprint density at radius 2 is 1.17 bits per heavy atom. The van der Waals surface area contributed by atoms with Crippen molar-refractivity contribution in [3.63, 3.8) is 0 Å². The summed E-state index contributed by atoms with van der Waals surface area (Å²) < 4.78 is 8.54. The first-order valence-electron chi connectivity index (χ1n) is 5.42. The summed E-state index contributed by atoms with van der Waals surface area (Å²) in [5, 5.41) is 0. The van der Waals surface area contributed by atoms with Crippen LogP contribution >= 0.6 is 31.9 Å². The van der Waals surface area contributed by atoms with E-state index in [-0.39, 0.29) is 25.2 Å². The lowest BCUT2D eigenvalue weighted by Crippen LogP contribution is -2.27. The molecule has 0 aromatic carbocycles. The van der Waals surface area contributed by atoms with Gasteiger partial charge in [-0.3, -0.25) is 9.59 Å². The summed E-state index contributed by atoms with van der Waals surface area (Å²) in [7, 11) is 0. The van der Waals surface area contributed by atoms with Crippen LogP contribution in [0.1, 0.15) is 27.7 Å². The third-order valence-corrected chi connectivity index (χ3v) is 2.41. The number of rotatable bonds is 6. The average molecular weight is 386 g/mol. The molecule has 0 N–H and O–H groups in total. The van der Waals surface area contributed by atoms with E-state index in [0.29, 0.717) is 0 Å². The lowest BCUT2D eigenvalue weighted by atomic mass is 10.2. The summed E-state index contributed by atoms with van der Waals surface area (Å²) in [6.07, 6.45) is 3.26. The van der Waals surface area contributed by atoms with Crippen molar-refractivity contribution in [2.24, 2.45) is 0 Å². The highest BCUT2D eigenvalue weighted by Gasteiger charge is 2.25. The molecule has 18 heavy (non-hydrogen) atoms. The number of carbonyl (C=O) groups excluding carboxylic acids is 2. The van der Waals surface area contributed by atoms with Gasteiger partial charge in [0.15, 0.2) is 0 Å². The van der Waals surface area contributed by atoms with Gasteiger partial charge >= 0.3 is 11.9 Å². The Hall–Kier alpha value is -0.360. The molecule has 0 aliphatic rings. The van der Waals surface area contributed by atoms with Gasteiger partial charge in [-0.15, -0.1) is 0 Å². The van der Waals surface area contributed by atoms with Crippen LogP contribution in [0.15, 0.2) is 12.2 Å². The van der Waals surface area contributed by atoms with E-state index in [2.05, 4.69) is 31.9 Å². The number of esters is 2. The molecule has 0 spiro atoms. The van der Waals surface area contributed by atoms with Crippen molar-refractivity contribution in [2.45, 2.75) is 36.3 Å². The second-order valence-electron chi connectivity index (χ2n) is 4.61. The summed E-state index contributed by atoms with van der Waals surface area (Å²) in [5.41, 5.74) is 0. The number of hydrogen-bond acceptors (Lipinski definition) is 4. The van der Waals surface area contributed by atoms with Crippen molar-refractivity contribution in [2.75, 3.05) is 13.2 Å². The zero-order chi connectivity index (χ0) is 14.4. The predicted octanol–water partition coefficient (Wildman–Crippen LogP) is 2.98. The first kappa shape index (κ1) is 17.6. The summed E-state index contributed by atoms with van der Waals surface area (Å²) in [4.78, 5) is 22.7. The molecule has 0 amide bonds. The van der Waals surface area contributed by atoms with Crippen LogP contribution in [0.5, 0.6) is 0 Å². The average Bonchev–Trinajstić information content (AvgIpc) is 2.19. The highest BCUT2D eigenvalue weighted by atomic mass is 79.9. The van der Waals surface area contributed by atoms with Gasteiger partial charge in [-0.25, -0.2) is 0 Å². The highest BCUT2D eigenvalue weighted by molar-refractivity contribution is 9.10. The van der Waals surface area contributed by atoms with Gasteiger partial charge in [0.1, 0.15) is 21.9 Å². The molecule has 0 bridgehead atoms. The number of ether oxygens (including phenoxy) is 2. The zero-order valence-electron chi connectivity index (χ0n) is 11.0. The lowest BCUT2D eigenvalue weighted by Gasteiger charge is -2.14. The van der Waals surface area contributed by atoms with E-state index in [1.54, 1.807) is 39.8 Å². The number of alkyl halides is 2. The van der Waals surface area contributed by atoms with Crippen LogP contribution in [-0.4, -0.2) is 33.8 Å². The molecule has 0 radical (unpaired) electrons. The normalized spacial score (nSPS) is 12.6. The van der Waals surface area contributed by atoms with Gasteiger partial charge in [0.25, 0.3) is 0 Å². The van der Waals surface area contributed by atoms with Gasteiger partial charge in [0, 0.05) is 0 Å². The van der Waals surface area contributed by atoms with E-state index in [9.17, 15) is 9.59 Å². The second kappa shape index (κ2) is 7.28. The lowest BCUT2D eigenvalue weighted by molar-refractivity contribution is -0.145. The maximum absolute atomic E-state index is 11.3. The highest BCUT2D eigenvalue weighted by Crippen LogP contribution is 2.18. The van der Waals surface area contributed by atoms with Gasteiger partial charge in [-0.05, 0) is 39.8 Å². The molecule has 0 heterocycles. The molecular weight excluding hydrogens is 368 g/mol. The van der Waals surface area contributed by atoms with Crippen LogP contribution < -0.4 is 0 Å². The van der Waals surface area contributed by atoms with E-state index >= 15 is 0 Å². The fraction of sp³-hybridized carbons (Fsp3) is 0.667.